The quantitative estimate of drug-likeness (QED) is 0.249. The zero-order chi connectivity index (χ0) is 2.00. The summed E-state index contributed by atoms with van der Waals surface area (Å²) in [5.74, 6) is 8.00. The van der Waals surface area contributed by atoms with Crippen molar-refractivity contribution in [1.29, 1.82) is 0 Å². The van der Waals surface area contributed by atoms with Gasteiger partial charge in [-0.05, 0) is 0 Å². The van der Waals surface area contributed by atoms with Gasteiger partial charge in [-0.1, -0.05) is 0 Å². The van der Waals surface area contributed by atoms with E-state index in [1.807, 2.05) is 0 Å². The maximum Gasteiger partial charge on any atom is 0 e. The third kappa shape index (κ3) is 14.3. The van der Waals surface area contributed by atoms with Crippen LogP contribution in [-0.2, 0) is 0 Å². The molecular weight excluding hydrogens is 139 g/mol. The minimum atomic E-state index is 0. The van der Waals surface area contributed by atoms with Crippen molar-refractivity contribution in [2.24, 2.45) is 11.7 Å². The maximum atomic E-state index is 4.00. The number of nitrogens with two attached hydrogens (primary N) is 2. The predicted molar refractivity (Wildman–Crippen MR) is 24.5 cm³/mol. The molecule has 0 amide bonds. The monoisotopic (exact) mass is 146 g/mol. The molecule has 0 bridgehead atoms. The Bertz CT molecular complexity index is 6.00. The third-order valence-corrected chi connectivity index (χ3v) is 0. The molecule has 0 rings (SSSR count). The summed E-state index contributed by atoms with van der Waals surface area (Å²) >= 11 is 0. The van der Waals surface area contributed by atoms with Gasteiger partial charge in [0.1, 0.15) is 0 Å². The first-order valence-corrected chi connectivity index (χ1v) is 0.333. The van der Waals surface area contributed by atoms with Crippen molar-refractivity contribution < 1.29 is 0 Å². The van der Waals surface area contributed by atoms with E-state index in [9.17, 15) is 0 Å². The fraction of sp³-hybridized carbons (Fsp3) is 0. The molecule has 0 aromatic heterocycles. The third-order valence-electron chi connectivity index (χ3n) is 0. The van der Waals surface area contributed by atoms with Crippen molar-refractivity contribution in [3.8, 4) is 0 Å². The Balaban J connectivity index is -0.00000000500. The van der Waals surface area contributed by atoms with Crippen LogP contribution in [0.3, 0.4) is 0 Å². The topological polar surface area (TPSA) is 52.0 Å². The zero-order valence-electron chi connectivity index (χ0n) is 2.06. The molecule has 4 heavy (non-hydrogen) atoms. The van der Waals surface area contributed by atoms with Crippen LogP contribution in [0, 0.1) is 0 Å². The largest absolute Gasteiger partial charge is 0.274 e. The average molecular weight is 145 g/mol. The Hall–Kier alpha value is 0.789. The summed E-state index contributed by atoms with van der Waals surface area (Å²) in [5.41, 5.74) is 0. The molecule has 0 aliphatic rings. The second-order valence-electron chi connectivity index (χ2n) is 0. The Kier molecular flexibility index (Phi) is 254. The predicted octanol–water partition coefficient (Wildman–Crippen LogP) is -1.45. The van der Waals surface area contributed by atoms with Gasteiger partial charge >= 0.3 is 0 Å². The Morgan fingerprint density at radius 3 is 1.00 bits per heavy atom. The molecule has 2 radical (unpaired) electrons. The molecule has 0 heterocycles. The Labute approximate surface area is 42.8 Å². The molecule has 4 heteroatoms. The van der Waals surface area contributed by atoms with E-state index in [1.165, 1.54) is 0 Å². The maximum absolute atomic E-state index is 4.00. The first-order valence-electron chi connectivity index (χ1n) is 0.333. The van der Waals surface area contributed by atoms with Gasteiger partial charge in [-0.3, -0.25) is 11.7 Å². The molecule has 0 aromatic carbocycles. The molecule has 0 aliphatic carbocycles. The minimum Gasteiger partial charge on any atom is -0.274 e. The summed E-state index contributed by atoms with van der Waals surface area (Å²) in [7, 11) is 0. The molecule has 0 aliphatic heterocycles. The van der Waals surface area contributed by atoms with E-state index in [4.69, 9.17) is 0 Å². The molecule has 4 N–H and O–H groups in total. The van der Waals surface area contributed by atoms with Crippen molar-refractivity contribution >= 4 is 30.6 Å². The van der Waals surface area contributed by atoms with Crippen LogP contribution < -0.4 is 11.7 Å². The van der Waals surface area contributed by atoms with Gasteiger partial charge < -0.3 is 0 Å². The van der Waals surface area contributed by atoms with Crippen LogP contribution in [0.15, 0.2) is 0 Å². The van der Waals surface area contributed by atoms with E-state index in [-0.39, 0.29) is 30.6 Å². The number of hydrazine groups is 1. The Morgan fingerprint density at radius 1 is 1.00 bits per heavy atom. The SMILES string of the molecule is NN.S.[Se]. The molecule has 28 valence electrons. The first kappa shape index (κ1) is 21.5. The summed E-state index contributed by atoms with van der Waals surface area (Å²) < 4.78 is 0. The molecular formula is H6N2SSe. The second kappa shape index (κ2) is 47.3. The van der Waals surface area contributed by atoms with Gasteiger partial charge in [0.05, 0.1) is 0 Å². The van der Waals surface area contributed by atoms with Crippen LogP contribution in [-0.4, -0.2) is 17.1 Å². The van der Waals surface area contributed by atoms with E-state index in [1.54, 1.807) is 0 Å². The van der Waals surface area contributed by atoms with Crippen LogP contribution in [0.2, 0.25) is 0 Å². The van der Waals surface area contributed by atoms with Crippen molar-refractivity contribution in [2.75, 3.05) is 0 Å². The molecule has 0 atom stereocenters. The molecule has 0 fully saturated rings. The smallest absolute Gasteiger partial charge is 0 e. The van der Waals surface area contributed by atoms with Crippen LogP contribution in [0.25, 0.3) is 0 Å². The number of hydrogen-bond acceptors (Lipinski definition) is 2. The molecule has 2 nitrogen and oxygen atoms in total. The fourth-order valence-corrected chi connectivity index (χ4v) is 0. The minimum absolute atomic E-state index is 0. The number of hydrogen-bond donors (Lipinski definition) is 2. The van der Waals surface area contributed by atoms with E-state index in [0.717, 1.165) is 0 Å². The van der Waals surface area contributed by atoms with Crippen LogP contribution >= 0.6 is 13.5 Å². The van der Waals surface area contributed by atoms with Gasteiger partial charge in [-0.15, -0.1) is 0 Å². The van der Waals surface area contributed by atoms with Gasteiger partial charge in [-0.2, -0.15) is 13.5 Å². The van der Waals surface area contributed by atoms with Crippen LogP contribution in [0.5, 0.6) is 0 Å². The average Bonchev–Trinajstić information content (AvgIpc) is 1.00. The summed E-state index contributed by atoms with van der Waals surface area (Å²) in [5, 5.41) is 0. The van der Waals surface area contributed by atoms with E-state index in [2.05, 4.69) is 11.7 Å². The van der Waals surface area contributed by atoms with Crippen molar-refractivity contribution in [1.82, 2.24) is 0 Å². The molecule has 0 spiro atoms. The van der Waals surface area contributed by atoms with Gasteiger partial charge in [0.25, 0.3) is 0 Å². The van der Waals surface area contributed by atoms with E-state index in [0.29, 0.717) is 0 Å². The standard InChI is InChI=1S/H4N2.H2S.Se/c1-2;;/h1-2H2;1H2;. The van der Waals surface area contributed by atoms with E-state index < -0.39 is 0 Å². The normalized spacial score (nSPS) is 1.50. The van der Waals surface area contributed by atoms with Gasteiger partial charge in [0.2, 0.25) is 0 Å². The second-order valence-corrected chi connectivity index (χ2v) is 0. The molecule has 0 unspecified atom stereocenters. The van der Waals surface area contributed by atoms with Gasteiger partial charge in [0, 0.05) is 17.1 Å². The molecule has 0 saturated heterocycles. The van der Waals surface area contributed by atoms with Crippen molar-refractivity contribution in [2.45, 2.75) is 0 Å². The van der Waals surface area contributed by atoms with Crippen LogP contribution in [0.1, 0.15) is 0 Å². The summed E-state index contributed by atoms with van der Waals surface area (Å²) in [6, 6.07) is 0. The Morgan fingerprint density at radius 2 is 1.00 bits per heavy atom. The molecule has 0 saturated carbocycles. The van der Waals surface area contributed by atoms with Gasteiger partial charge in [0.15, 0.2) is 0 Å². The van der Waals surface area contributed by atoms with Crippen molar-refractivity contribution in [3.63, 3.8) is 0 Å². The van der Waals surface area contributed by atoms with Gasteiger partial charge in [-0.25, -0.2) is 0 Å². The summed E-state index contributed by atoms with van der Waals surface area (Å²) in [6.45, 7) is 0. The molecule has 0 aromatic rings. The fourth-order valence-electron chi connectivity index (χ4n) is 0. The summed E-state index contributed by atoms with van der Waals surface area (Å²) in [4.78, 5) is 0. The summed E-state index contributed by atoms with van der Waals surface area (Å²) in [6.07, 6.45) is 0. The van der Waals surface area contributed by atoms with Crippen molar-refractivity contribution in [3.05, 3.63) is 0 Å². The van der Waals surface area contributed by atoms with E-state index >= 15 is 0 Å². The number of rotatable bonds is 0. The van der Waals surface area contributed by atoms with Crippen LogP contribution in [0.4, 0.5) is 0 Å². The first-order chi connectivity index (χ1) is 1.00. The zero-order valence-corrected chi connectivity index (χ0v) is 4.78.